The summed E-state index contributed by atoms with van der Waals surface area (Å²) in [7, 11) is 6.39. The van der Waals surface area contributed by atoms with Gasteiger partial charge in [-0.3, -0.25) is 0 Å². The number of nitrogens with zero attached hydrogens (tertiary/aromatic N) is 2. The Labute approximate surface area is 116 Å². The minimum atomic E-state index is -0.394. The highest BCUT2D eigenvalue weighted by molar-refractivity contribution is 5.63. The summed E-state index contributed by atoms with van der Waals surface area (Å²) in [5, 5.41) is 9.79. The lowest BCUT2D eigenvalue weighted by molar-refractivity contribution is 0.199. The highest BCUT2D eigenvalue weighted by Gasteiger charge is 2.37. The van der Waals surface area contributed by atoms with Crippen LogP contribution in [-0.4, -0.2) is 44.2 Å². The molecule has 0 unspecified atom stereocenters. The number of anilines is 1. The van der Waals surface area contributed by atoms with Gasteiger partial charge in [0.1, 0.15) is 0 Å². The largest absolute Gasteiger partial charge is 0.389 e. The van der Waals surface area contributed by atoms with Crippen molar-refractivity contribution >= 4 is 5.69 Å². The van der Waals surface area contributed by atoms with Gasteiger partial charge >= 0.3 is 0 Å². The SMILES string of the molecule is C[C@@H](O)c1ccc2c(c1)[C@](C)(CCN(C)C)CN2C. The van der Waals surface area contributed by atoms with Gasteiger partial charge in [0.15, 0.2) is 0 Å². The van der Waals surface area contributed by atoms with Gasteiger partial charge in [0, 0.05) is 24.7 Å². The fourth-order valence-electron chi connectivity index (χ4n) is 3.01. The summed E-state index contributed by atoms with van der Waals surface area (Å²) in [4.78, 5) is 4.57. The van der Waals surface area contributed by atoms with Gasteiger partial charge in [0.2, 0.25) is 0 Å². The first-order valence-electron chi connectivity index (χ1n) is 7.02. The monoisotopic (exact) mass is 262 g/mol. The maximum atomic E-state index is 9.79. The third kappa shape index (κ3) is 2.77. The molecule has 0 aliphatic carbocycles. The van der Waals surface area contributed by atoms with E-state index in [1.165, 1.54) is 11.3 Å². The molecule has 3 heteroatoms. The van der Waals surface area contributed by atoms with Crippen LogP contribution in [0.25, 0.3) is 0 Å². The summed E-state index contributed by atoms with van der Waals surface area (Å²) in [6, 6.07) is 6.38. The van der Waals surface area contributed by atoms with E-state index in [2.05, 4.69) is 50.0 Å². The Morgan fingerprint density at radius 2 is 2.11 bits per heavy atom. The van der Waals surface area contributed by atoms with Crippen LogP contribution in [0.15, 0.2) is 18.2 Å². The molecule has 3 nitrogen and oxygen atoms in total. The van der Waals surface area contributed by atoms with Crippen LogP contribution in [0.4, 0.5) is 5.69 Å². The topological polar surface area (TPSA) is 26.7 Å². The minimum Gasteiger partial charge on any atom is -0.389 e. The molecule has 1 aromatic carbocycles. The van der Waals surface area contributed by atoms with Crippen molar-refractivity contribution in [3.63, 3.8) is 0 Å². The quantitative estimate of drug-likeness (QED) is 0.902. The molecule has 0 saturated carbocycles. The Morgan fingerprint density at radius 3 is 2.68 bits per heavy atom. The fourth-order valence-corrected chi connectivity index (χ4v) is 3.01. The third-order valence-electron chi connectivity index (χ3n) is 4.26. The second kappa shape index (κ2) is 5.14. The molecule has 0 aromatic heterocycles. The van der Waals surface area contributed by atoms with E-state index in [9.17, 15) is 5.11 Å². The Kier molecular flexibility index (Phi) is 3.88. The van der Waals surface area contributed by atoms with Crippen LogP contribution in [0.5, 0.6) is 0 Å². The molecule has 1 aliphatic rings. The minimum absolute atomic E-state index is 0.180. The van der Waals surface area contributed by atoms with Gasteiger partial charge in [-0.25, -0.2) is 0 Å². The first-order chi connectivity index (χ1) is 8.83. The summed E-state index contributed by atoms with van der Waals surface area (Å²) in [6.45, 7) is 6.31. The molecule has 19 heavy (non-hydrogen) atoms. The molecular formula is C16H26N2O. The van der Waals surface area contributed by atoms with Crippen molar-refractivity contribution in [1.82, 2.24) is 4.90 Å². The number of aliphatic hydroxyl groups is 1. The zero-order valence-corrected chi connectivity index (χ0v) is 12.8. The fraction of sp³-hybridized carbons (Fsp3) is 0.625. The summed E-state index contributed by atoms with van der Waals surface area (Å²) in [5.41, 5.74) is 3.89. The van der Waals surface area contributed by atoms with E-state index in [0.29, 0.717) is 0 Å². The van der Waals surface area contributed by atoms with Crippen molar-refractivity contribution in [1.29, 1.82) is 0 Å². The van der Waals surface area contributed by atoms with Crippen molar-refractivity contribution in [2.75, 3.05) is 39.1 Å². The standard InChI is InChI=1S/C16H26N2O/c1-12(19)13-6-7-15-14(10-13)16(2,11-18(15)5)8-9-17(3)4/h6-7,10,12,19H,8-9,11H2,1-5H3/t12-,16-/m1/s1. The molecule has 0 fully saturated rings. The number of fused-ring (bicyclic) bond motifs is 1. The molecule has 1 aromatic rings. The van der Waals surface area contributed by atoms with E-state index in [4.69, 9.17) is 0 Å². The average molecular weight is 262 g/mol. The van der Waals surface area contributed by atoms with Crippen LogP contribution in [-0.2, 0) is 5.41 Å². The smallest absolute Gasteiger partial charge is 0.0762 e. The van der Waals surface area contributed by atoms with E-state index >= 15 is 0 Å². The molecule has 0 saturated heterocycles. The lowest BCUT2D eigenvalue weighted by Gasteiger charge is -2.27. The summed E-state index contributed by atoms with van der Waals surface area (Å²) >= 11 is 0. The lowest BCUT2D eigenvalue weighted by Crippen LogP contribution is -2.32. The van der Waals surface area contributed by atoms with Crippen molar-refractivity contribution in [3.05, 3.63) is 29.3 Å². The van der Waals surface area contributed by atoms with Crippen molar-refractivity contribution in [2.45, 2.75) is 31.8 Å². The number of aliphatic hydroxyl groups excluding tert-OH is 1. The van der Waals surface area contributed by atoms with Crippen LogP contribution >= 0.6 is 0 Å². The van der Waals surface area contributed by atoms with E-state index in [-0.39, 0.29) is 5.41 Å². The molecule has 1 aliphatic heterocycles. The average Bonchev–Trinajstić information content (AvgIpc) is 2.59. The summed E-state index contributed by atoms with van der Waals surface area (Å²) in [6.07, 6.45) is 0.745. The maximum absolute atomic E-state index is 9.79. The molecule has 0 amide bonds. The third-order valence-corrected chi connectivity index (χ3v) is 4.26. The lowest BCUT2D eigenvalue weighted by atomic mass is 9.80. The van der Waals surface area contributed by atoms with Gasteiger partial charge in [0.05, 0.1) is 6.10 Å². The molecule has 0 spiro atoms. The van der Waals surface area contributed by atoms with Crippen LogP contribution in [0.2, 0.25) is 0 Å². The number of benzene rings is 1. The number of hydrogen-bond acceptors (Lipinski definition) is 3. The van der Waals surface area contributed by atoms with Crippen molar-refractivity contribution in [2.24, 2.45) is 0 Å². The molecule has 0 radical (unpaired) electrons. The molecule has 1 heterocycles. The molecule has 2 rings (SSSR count). The summed E-state index contributed by atoms with van der Waals surface area (Å²) < 4.78 is 0. The van der Waals surface area contributed by atoms with E-state index in [1.54, 1.807) is 0 Å². The van der Waals surface area contributed by atoms with Crippen LogP contribution in [0, 0.1) is 0 Å². The molecular weight excluding hydrogens is 236 g/mol. The molecule has 1 N–H and O–H groups in total. The molecule has 106 valence electrons. The van der Waals surface area contributed by atoms with Crippen molar-refractivity contribution in [3.8, 4) is 0 Å². The number of hydrogen-bond donors (Lipinski definition) is 1. The molecule has 0 bridgehead atoms. The van der Waals surface area contributed by atoms with Gasteiger partial charge in [-0.1, -0.05) is 19.1 Å². The summed E-state index contributed by atoms with van der Waals surface area (Å²) in [5.74, 6) is 0. The van der Waals surface area contributed by atoms with E-state index in [1.807, 2.05) is 13.0 Å². The highest BCUT2D eigenvalue weighted by atomic mass is 16.3. The number of likely N-dealkylation sites (N-methyl/N-ethyl adjacent to an activating group) is 1. The normalized spacial score (nSPS) is 23.8. The Hall–Kier alpha value is -1.06. The van der Waals surface area contributed by atoms with Crippen LogP contribution < -0.4 is 4.90 Å². The highest BCUT2D eigenvalue weighted by Crippen LogP contribution is 2.43. The number of rotatable bonds is 4. The maximum Gasteiger partial charge on any atom is 0.0762 e. The van der Waals surface area contributed by atoms with Gasteiger partial charge < -0.3 is 14.9 Å². The van der Waals surface area contributed by atoms with Gasteiger partial charge in [0.25, 0.3) is 0 Å². The second-order valence-corrected chi connectivity index (χ2v) is 6.42. The van der Waals surface area contributed by atoms with E-state index < -0.39 is 6.10 Å². The first kappa shape index (κ1) is 14.4. The van der Waals surface area contributed by atoms with Crippen LogP contribution in [0.1, 0.15) is 37.5 Å². The Morgan fingerprint density at radius 1 is 1.42 bits per heavy atom. The first-order valence-corrected chi connectivity index (χ1v) is 7.02. The zero-order chi connectivity index (χ0) is 14.2. The predicted octanol–water partition coefficient (Wildman–Crippen LogP) is 2.40. The zero-order valence-electron chi connectivity index (χ0n) is 12.8. The second-order valence-electron chi connectivity index (χ2n) is 6.42. The van der Waals surface area contributed by atoms with Gasteiger partial charge in [-0.15, -0.1) is 0 Å². The predicted molar refractivity (Wildman–Crippen MR) is 80.9 cm³/mol. The Balaban J connectivity index is 2.34. The van der Waals surface area contributed by atoms with E-state index in [0.717, 1.165) is 25.1 Å². The molecule has 2 atom stereocenters. The van der Waals surface area contributed by atoms with Crippen molar-refractivity contribution < 1.29 is 5.11 Å². The van der Waals surface area contributed by atoms with Gasteiger partial charge in [-0.2, -0.15) is 0 Å². The van der Waals surface area contributed by atoms with Gasteiger partial charge in [-0.05, 0) is 51.2 Å². The van der Waals surface area contributed by atoms with Crippen LogP contribution in [0.3, 0.4) is 0 Å². The Bertz CT molecular complexity index is 456.